The van der Waals surface area contributed by atoms with Crippen molar-refractivity contribution in [3.05, 3.63) is 28.8 Å². The molecule has 2 nitrogen and oxygen atoms in total. The summed E-state index contributed by atoms with van der Waals surface area (Å²) in [5.41, 5.74) is 5.09. The molecular weight excluding hydrogens is 301 g/mol. The van der Waals surface area contributed by atoms with Gasteiger partial charge in [-0.1, -0.05) is 38.3 Å². The molecule has 21 heavy (non-hydrogen) atoms. The number of nitrogens with two attached hydrogens (primary N) is 1. The highest BCUT2D eigenvalue weighted by atomic mass is 35.5. The van der Waals surface area contributed by atoms with Crippen molar-refractivity contribution in [3.63, 3.8) is 0 Å². The van der Waals surface area contributed by atoms with E-state index in [1.807, 2.05) is 13.8 Å². The number of hydrogen-bond acceptors (Lipinski definition) is 2. The summed E-state index contributed by atoms with van der Waals surface area (Å²) in [7, 11) is 0. The summed E-state index contributed by atoms with van der Waals surface area (Å²) < 4.78 is 38.5. The lowest BCUT2D eigenvalue weighted by atomic mass is 9.88. The average molecular weight is 323 g/mol. The van der Waals surface area contributed by atoms with Gasteiger partial charge in [0, 0.05) is 22.8 Å². The zero-order chi connectivity index (χ0) is 16.1. The first-order chi connectivity index (χ1) is 9.76. The summed E-state index contributed by atoms with van der Waals surface area (Å²) in [5.74, 6) is 0. The number of nitrogens with one attached hydrogen (secondary N) is 1. The second-order valence-corrected chi connectivity index (χ2v) is 5.77. The molecule has 1 rings (SSSR count). The Labute approximate surface area is 128 Å². The second kappa shape index (κ2) is 7.36. The van der Waals surface area contributed by atoms with Crippen LogP contribution in [0.4, 0.5) is 18.9 Å². The van der Waals surface area contributed by atoms with E-state index in [0.717, 1.165) is 37.8 Å². The molecule has 1 aromatic rings. The number of anilines is 1. The molecule has 0 amide bonds. The van der Waals surface area contributed by atoms with Crippen LogP contribution in [0.15, 0.2) is 18.2 Å². The van der Waals surface area contributed by atoms with Gasteiger partial charge in [0.05, 0.1) is 5.56 Å². The van der Waals surface area contributed by atoms with Gasteiger partial charge in [-0.25, -0.2) is 0 Å². The molecule has 6 heteroatoms. The summed E-state index contributed by atoms with van der Waals surface area (Å²) in [4.78, 5) is 0. The molecule has 0 aliphatic heterocycles. The van der Waals surface area contributed by atoms with Crippen molar-refractivity contribution in [2.75, 3.05) is 11.9 Å². The van der Waals surface area contributed by atoms with Gasteiger partial charge in [-0.2, -0.15) is 13.2 Å². The van der Waals surface area contributed by atoms with Crippen LogP contribution in [0.2, 0.25) is 5.02 Å². The Bertz CT molecular complexity index is 455. The van der Waals surface area contributed by atoms with E-state index < -0.39 is 17.3 Å². The van der Waals surface area contributed by atoms with Crippen LogP contribution >= 0.6 is 11.6 Å². The standard InChI is InChI=1S/C15H22ClF3N2/c1-3-5-14(10-20,6-4-2)21-13-8-11(15(17,18)19)7-12(16)9-13/h7-9,21H,3-6,10,20H2,1-2H3. The molecule has 0 aliphatic carbocycles. The summed E-state index contributed by atoms with van der Waals surface area (Å²) >= 11 is 5.81. The first kappa shape index (κ1) is 18.1. The van der Waals surface area contributed by atoms with E-state index in [4.69, 9.17) is 17.3 Å². The minimum Gasteiger partial charge on any atom is -0.378 e. The van der Waals surface area contributed by atoms with Crippen LogP contribution in [-0.4, -0.2) is 12.1 Å². The van der Waals surface area contributed by atoms with Crippen molar-refractivity contribution in [2.45, 2.75) is 51.2 Å². The van der Waals surface area contributed by atoms with E-state index in [9.17, 15) is 13.2 Å². The van der Waals surface area contributed by atoms with Gasteiger partial charge in [0.1, 0.15) is 0 Å². The van der Waals surface area contributed by atoms with E-state index in [0.29, 0.717) is 12.2 Å². The molecule has 1 aromatic carbocycles. The van der Waals surface area contributed by atoms with Crippen LogP contribution in [0, 0.1) is 0 Å². The fourth-order valence-electron chi connectivity index (χ4n) is 2.59. The van der Waals surface area contributed by atoms with Gasteiger partial charge in [-0.05, 0) is 31.0 Å². The van der Waals surface area contributed by atoms with E-state index in [1.54, 1.807) is 0 Å². The maximum Gasteiger partial charge on any atom is 0.416 e. The molecule has 0 unspecified atom stereocenters. The predicted octanol–water partition coefficient (Wildman–Crippen LogP) is 5.07. The van der Waals surface area contributed by atoms with Gasteiger partial charge in [0.2, 0.25) is 0 Å². The second-order valence-electron chi connectivity index (χ2n) is 5.34. The van der Waals surface area contributed by atoms with Crippen LogP contribution in [0.1, 0.15) is 45.1 Å². The van der Waals surface area contributed by atoms with E-state index in [-0.39, 0.29) is 5.02 Å². The lowest BCUT2D eigenvalue weighted by Crippen LogP contribution is -2.45. The smallest absolute Gasteiger partial charge is 0.378 e. The van der Waals surface area contributed by atoms with Crippen molar-refractivity contribution in [1.82, 2.24) is 0 Å². The Morgan fingerprint density at radius 1 is 1.10 bits per heavy atom. The van der Waals surface area contributed by atoms with Crippen LogP contribution in [0.25, 0.3) is 0 Å². The molecule has 0 bridgehead atoms. The zero-order valence-corrected chi connectivity index (χ0v) is 13.1. The molecule has 120 valence electrons. The lowest BCUT2D eigenvalue weighted by Gasteiger charge is -2.35. The minimum absolute atomic E-state index is 0.0613. The third-order valence-electron chi connectivity index (χ3n) is 3.48. The predicted molar refractivity (Wildman–Crippen MR) is 81.7 cm³/mol. The molecule has 0 heterocycles. The number of hydrogen-bond donors (Lipinski definition) is 2. The molecule has 0 saturated heterocycles. The first-order valence-electron chi connectivity index (χ1n) is 7.12. The van der Waals surface area contributed by atoms with Crippen molar-refractivity contribution in [2.24, 2.45) is 5.73 Å². The quantitative estimate of drug-likeness (QED) is 0.735. The lowest BCUT2D eigenvalue weighted by molar-refractivity contribution is -0.137. The monoisotopic (exact) mass is 322 g/mol. The topological polar surface area (TPSA) is 38.0 Å². The molecule has 0 aromatic heterocycles. The van der Waals surface area contributed by atoms with E-state index in [2.05, 4.69) is 5.32 Å². The Morgan fingerprint density at radius 2 is 1.67 bits per heavy atom. The highest BCUT2D eigenvalue weighted by Crippen LogP contribution is 2.34. The van der Waals surface area contributed by atoms with Gasteiger partial charge in [0.15, 0.2) is 0 Å². The highest BCUT2D eigenvalue weighted by molar-refractivity contribution is 6.30. The van der Waals surface area contributed by atoms with Crippen LogP contribution < -0.4 is 11.1 Å². The van der Waals surface area contributed by atoms with Gasteiger partial charge >= 0.3 is 6.18 Å². The Hall–Kier alpha value is -0.940. The minimum atomic E-state index is -4.41. The van der Waals surface area contributed by atoms with E-state index in [1.165, 1.54) is 6.07 Å². The summed E-state index contributed by atoms with van der Waals surface area (Å²) in [6.07, 6.45) is -1.02. The van der Waals surface area contributed by atoms with Crippen molar-refractivity contribution in [1.29, 1.82) is 0 Å². The third kappa shape index (κ3) is 5.08. The molecule has 0 radical (unpaired) electrons. The van der Waals surface area contributed by atoms with Gasteiger partial charge < -0.3 is 11.1 Å². The van der Waals surface area contributed by atoms with Gasteiger partial charge in [0.25, 0.3) is 0 Å². The van der Waals surface area contributed by atoms with Crippen molar-refractivity contribution in [3.8, 4) is 0 Å². The zero-order valence-electron chi connectivity index (χ0n) is 12.4. The average Bonchev–Trinajstić information content (AvgIpc) is 2.37. The Kier molecular flexibility index (Phi) is 6.35. The Balaban J connectivity index is 3.11. The van der Waals surface area contributed by atoms with Crippen LogP contribution in [0.5, 0.6) is 0 Å². The van der Waals surface area contributed by atoms with E-state index >= 15 is 0 Å². The number of alkyl halides is 3. The van der Waals surface area contributed by atoms with Gasteiger partial charge in [-0.15, -0.1) is 0 Å². The molecule has 0 saturated carbocycles. The summed E-state index contributed by atoms with van der Waals surface area (Å²) in [5, 5.41) is 3.25. The maximum atomic E-state index is 12.8. The van der Waals surface area contributed by atoms with Gasteiger partial charge in [-0.3, -0.25) is 0 Å². The molecule has 0 fully saturated rings. The van der Waals surface area contributed by atoms with Crippen LogP contribution in [0.3, 0.4) is 0 Å². The third-order valence-corrected chi connectivity index (χ3v) is 3.70. The number of halogens is 4. The normalized spacial score (nSPS) is 12.5. The van der Waals surface area contributed by atoms with Crippen molar-refractivity contribution < 1.29 is 13.2 Å². The summed E-state index contributed by atoms with van der Waals surface area (Å²) in [6.45, 7) is 4.42. The number of rotatable bonds is 7. The Morgan fingerprint density at radius 3 is 2.10 bits per heavy atom. The maximum absolute atomic E-state index is 12.8. The fraction of sp³-hybridized carbons (Fsp3) is 0.600. The highest BCUT2D eigenvalue weighted by Gasteiger charge is 2.32. The SMILES string of the molecule is CCCC(CN)(CCC)Nc1cc(Cl)cc(C(F)(F)F)c1. The summed E-state index contributed by atoms with van der Waals surface area (Å²) in [6, 6.07) is 3.52. The fourth-order valence-corrected chi connectivity index (χ4v) is 2.83. The molecule has 0 atom stereocenters. The largest absolute Gasteiger partial charge is 0.416 e. The van der Waals surface area contributed by atoms with Crippen molar-refractivity contribution >= 4 is 17.3 Å². The number of benzene rings is 1. The molecule has 0 aliphatic rings. The molecular formula is C15H22ClF3N2. The molecule has 0 spiro atoms. The molecule has 3 N–H and O–H groups in total. The first-order valence-corrected chi connectivity index (χ1v) is 7.50. The van der Waals surface area contributed by atoms with Crippen LogP contribution in [-0.2, 0) is 6.18 Å².